The fraction of sp³-hybridized carbons (Fsp3) is 0.243. The summed E-state index contributed by atoms with van der Waals surface area (Å²) in [5, 5.41) is 2.22. The second-order valence-electron chi connectivity index (χ2n) is 11.1. The quantitative estimate of drug-likeness (QED) is 0.158. The second-order valence-corrected chi connectivity index (χ2v) is 11.1. The van der Waals surface area contributed by atoms with Gasteiger partial charge in [-0.05, 0) is 65.5 Å². The highest BCUT2D eigenvalue weighted by Crippen LogP contribution is 2.40. The molecule has 0 spiro atoms. The monoisotopic (exact) mass is 571 g/mol. The fourth-order valence-corrected chi connectivity index (χ4v) is 6.34. The smallest absolute Gasteiger partial charge is 0.277 e. The highest BCUT2D eigenvalue weighted by atomic mass is 16.5. The summed E-state index contributed by atoms with van der Waals surface area (Å²) in [5.74, 6) is -0.119. The number of unbranched alkanes of at least 4 members (excludes halogenated alkanes) is 2. The van der Waals surface area contributed by atoms with Crippen LogP contribution in [0.3, 0.4) is 0 Å². The van der Waals surface area contributed by atoms with Crippen molar-refractivity contribution in [3.8, 4) is 5.75 Å². The average molecular weight is 572 g/mol. The van der Waals surface area contributed by atoms with E-state index in [1.165, 1.54) is 28.3 Å². The van der Waals surface area contributed by atoms with Crippen molar-refractivity contribution >= 4 is 12.0 Å². The molecule has 0 N–H and O–H groups in total. The Balaban J connectivity index is 1.52. The van der Waals surface area contributed by atoms with Gasteiger partial charge in [-0.1, -0.05) is 91.5 Å². The van der Waals surface area contributed by atoms with Gasteiger partial charge in [-0.15, -0.1) is 6.58 Å². The van der Waals surface area contributed by atoms with Crippen molar-refractivity contribution in [3.05, 3.63) is 154 Å². The molecular weight excluding hydrogens is 534 g/mol. The van der Waals surface area contributed by atoms with E-state index in [9.17, 15) is 9.59 Å². The summed E-state index contributed by atoms with van der Waals surface area (Å²) >= 11 is 0. The molecule has 6 rings (SSSR count). The van der Waals surface area contributed by atoms with Crippen LogP contribution in [0.1, 0.15) is 69.2 Å². The standard InChI is InChI=1S/C37H37N3O3/c1-3-5-6-12-23-38-26-40(34-31-19-11-10-16-29(31)20-21-30-18-13-17-28(4-2)33(30)34)39-24-22-32(41)36(35(39)37(38)42)43-25-27-14-8-7-9-15-27/h3-4,7-11,13-19,22,24,34H,1-2,5-6,12,20-21,23,25-26H2. The van der Waals surface area contributed by atoms with E-state index in [1.54, 1.807) is 6.20 Å². The third-order valence-corrected chi connectivity index (χ3v) is 8.46. The van der Waals surface area contributed by atoms with Crippen molar-refractivity contribution in [1.29, 1.82) is 0 Å². The molecule has 4 aromatic rings. The van der Waals surface area contributed by atoms with Crippen LogP contribution >= 0.6 is 0 Å². The van der Waals surface area contributed by atoms with Gasteiger partial charge in [0.25, 0.3) is 5.91 Å². The van der Waals surface area contributed by atoms with Crippen molar-refractivity contribution in [2.45, 2.75) is 44.8 Å². The molecule has 1 unspecified atom stereocenters. The first kappa shape index (κ1) is 28.3. The first-order valence-corrected chi connectivity index (χ1v) is 15.0. The Morgan fingerprint density at radius 1 is 0.860 bits per heavy atom. The molecule has 6 heteroatoms. The number of aromatic nitrogens is 1. The highest BCUT2D eigenvalue weighted by Gasteiger charge is 2.39. The maximum atomic E-state index is 14.2. The van der Waals surface area contributed by atoms with Gasteiger partial charge in [0.15, 0.2) is 11.4 Å². The molecule has 218 valence electrons. The molecule has 1 atom stereocenters. The Bertz CT molecular complexity index is 1710. The number of carbonyl (C=O) groups is 1. The Kier molecular flexibility index (Phi) is 8.27. The van der Waals surface area contributed by atoms with Gasteiger partial charge in [0.05, 0.1) is 6.04 Å². The molecule has 0 bridgehead atoms. The SMILES string of the molecule is C=CCCCCN1CN(C2c3ccccc3CCc3cccc(C=C)c32)n2ccc(=O)c(OCc3ccccc3)c2C1=O. The summed E-state index contributed by atoms with van der Waals surface area (Å²) < 4.78 is 8.05. The number of allylic oxidation sites excluding steroid dienone is 1. The molecule has 1 aliphatic carbocycles. The van der Waals surface area contributed by atoms with Crippen LogP contribution in [-0.4, -0.2) is 28.7 Å². The molecule has 0 saturated carbocycles. The molecule has 1 amide bonds. The maximum absolute atomic E-state index is 14.2. The number of rotatable bonds is 10. The lowest BCUT2D eigenvalue weighted by Crippen LogP contribution is -2.56. The Labute approximate surface area is 253 Å². The van der Waals surface area contributed by atoms with Crippen molar-refractivity contribution in [3.63, 3.8) is 0 Å². The zero-order valence-electron chi connectivity index (χ0n) is 24.5. The molecule has 0 saturated heterocycles. The summed E-state index contributed by atoms with van der Waals surface area (Å²) in [6, 6.07) is 25.9. The van der Waals surface area contributed by atoms with Gasteiger partial charge in [0, 0.05) is 18.8 Å². The van der Waals surface area contributed by atoms with Crippen LogP contribution in [0.4, 0.5) is 0 Å². The predicted octanol–water partition coefficient (Wildman–Crippen LogP) is 6.67. The van der Waals surface area contributed by atoms with Crippen LogP contribution < -0.4 is 15.2 Å². The number of fused-ring (bicyclic) bond motifs is 3. The van der Waals surface area contributed by atoms with E-state index in [-0.39, 0.29) is 35.4 Å². The molecule has 1 aromatic heterocycles. The van der Waals surface area contributed by atoms with E-state index in [1.807, 2.05) is 52.1 Å². The van der Waals surface area contributed by atoms with Crippen molar-refractivity contribution < 1.29 is 9.53 Å². The Hall–Kier alpha value is -4.84. The van der Waals surface area contributed by atoms with Gasteiger partial charge in [-0.2, -0.15) is 0 Å². The largest absolute Gasteiger partial charge is 0.482 e. The number of benzene rings is 3. The molecule has 0 radical (unpaired) electrons. The predicted molar refractivity (Wildman–Crippen MR) is 172 cm³/mol. The van der Waals surface area contributed by atoms with E-state index in [0.717, 1.165) is 43.2 Å². The lowest BCUT2D eigenvalue weighted by atomic mass is 9.90. The molecule has 2 heterocycles. The van der Waals surface area contributed by atoms with Crippen LogP contribution in [0.2, 0.25) is 0 Å². The zero-order chi connectivity index (χ0) is 29.8. The number of nitrogens with zero attached hydrogens (tertiary/aromatic N) is 3. The van der Waals surface area contributed by atoms with E-state index in [4.69, 9.17) is 4.74 Å². The topological polar surface area (TPSA) is 54.8 Å². The Morgan fingerprint density at radius 3 is 2.44 bits per heavy atom. The van der Waals surface area contributed by atoms with Crippen LogP contribution in [0.15, 0.2) is 109 Å². The third-order valence-electron chi connectivity index (χ3n) is 8.46. The maximum Gasteiger partial charge on any atom is 0.277 e. The van der Waals surface area contributed by atoms with Crippen LogP contribution in [0.5, 0.6) is 5.75 Å². The Morgan fingerprint density at radius 2 is 1.63 bits per heavy atom. The minimum absolute atomic E-state index is 0.0799. The summed E-state index contributed by atoms with van der Waals surface area (Å²) in [5.41, 5.74) is 6.85. The first-order chi connectivity index (χ1) is 21.1. The van der Waals surface area contributed by atoms with Crippen molar-refractivity contribution in [1.82, 2.24) is 9.58 Å². The van der Waals surface area contributed by atoms with E-state index in [0.29, 0.717) is 13.2 Å². The minimum atomic E-state index is -0.308. The van der Waals surface area contributed by atoms with Crippen LogP contribution in [0, 0.1) is 0 Å². The van der Waals surface area contributed by atoms with E-state index >= 15 is 0 Å². The van der Waals surface area contributed by atoms with Crippen molar-refractivity contribution in [2.75, 3.05) is 18.2 Å². The van der Waals surface area contributed by atoms with E-state index in [2.05, 4.69) is 60.6 Å². The average Bonchev–Trinajstić information content (AvgIpc) is 3.21. The van der Waals surface area contributed by atoms with Gasteiger partial charge >= 0.3 is 0 Å². The van der Waals surface area contributed by atoms with Gasteiger partial charge in [-0.3, -0.25) is 19.3 Å². The molecular formula is C37H37N3O3. The number of amides is 1. The van der Waals surface area contributed by atoms with Crippen LogP contribution in [0.25, 0.3) is 6.08 Å². The molecule has 0 fully saturated rings. The van der Waals surface area contributed by atoms with Gasteiger partial charge < -0.3 is 9.64 Å². The van der Waals surface area contributed by atoms with Crippen molar-refractivity contribution in [2.24, 2.45) is 0 Å². The summed E-state index contributed by atoms with van der Waals surface area (Å²) in [6.07, 6.45) is 10.0. The molecule has 1 aliphatic heterocycles. The molecule has 2 aliphatic rings. The van der Waals surface area contributed by atoms with Crippen LogP contribution in [-0.2, 0) is 19.4 Å². The number of carbonyl (C=O) groups excluding carboxylic acids is 1. The molecule has 3 aromatic carbocycles. The number of pyridine rings is 1. The lowest BCUT2D eigenvalue weighted by molar-refractivity contribution is 0.0673. The number of ether oxygens (including phenoxy) is 1. The number of hydrogen-bond acceptors (Lipinski definition) is 4. The zero-order valence-corrected chi connectivity index (χ0v) is 24.5. The first-order valence-electron chi connectivity index (χ1n) is 15.0. The fourth-order valence-electron chi connectivity index (χ4n) is 6.34. The van der Waals surface area contributed by atoms with Gasteiger partial charge in [-0.25, -0.2) is 0 Å². The summed E-state index contributed by atoms with van der Waals surface area (Å²) in [4.78, 5) is 29.4. The molecule has 6 nitrogen and oxygen atoms in total. The summed E-state index contributed by atoms with van der Waals surface area (Å²) in [6.45, 7) is 9.12. The van der Waals surface area contributed by atoms with E-state index < -0.39 is 0 Å². The number of hydrogen-bond donors (Lipinski definition) is 0. The highest BCUT2D eigenvalue weighted by molar-refractivity contribution is 5.96. The second kappa shape index (κ2) is 12.6. The minimum Gasteiger partial charge on any atom is -0.482 e. The van der Waals surface area contributed by atoms with Gasteiger partial charge in [0.1, 0.15) is 13.3 Å². The van der Waals surface area contributed by atoms with Gasteiger partial charge in [0.2, 0.25) is 5.43 Å². The summed E-state index contributed by atoms with van der Waals surface area (Å²) in [7, 11) is 0. The molecule has 43 heavy (non-hydrogen) atoms. The lowest BCUT2D eigenvalue weighted by Gasteiger charge is -2.45. The third kappa shape index (κ3) is 5.53. The normalized spacial score (nSPS) is 15.6. The number of aryl methyl sites for hydroxylation is 2.